The lowest BCUT2D eigenvalue weighted by molar-refractivity contribution is 0.144. The fourth-order valence-electron chi connectivity index (χ4n) is 1.76. The highest BCUT2D eigenvalue weighted by atomic mass is 31.2. The largest absolute Gasteiger partial charge is 0.391 e. The molecule has 1 atom stereocenters. The molecule has 2 aliphatic rings. The van der Waals surface area contributed by atoms with Crippen molar-refractivity contribution in [2.75, 3.05) is 26.4 Å². The zero-order valence-electron chi connectivity index (χ0n) is 10.7. The van der Waals surface area contributed by atoms with E-state index in [2.05, 4.69) is 0 Å². The molecule has 1 unspecified atom stereocenters. The van der Waals surface area contributed by atoms with Crippen molar-refractivity contribution < 1.29 is 23.2 Å². The lowest BCUT2D eigenvalue weighted by atomic mass is 10.2. The highest BCUT2D eigenvalue weighted by molar-refractivity contribution is 7.71. The molecule has 2 saturated heterocycles. The molecule has 2 heterocycles. The van der Waals surface area contributed by atoms with Crippen molar-refractivity contribution in [3.05, 3.63) is 5.40 Å². The van der Waals surface area contributed by atoms with Gasteiger partial charge in [0, 0.05) is 0 Å². The Hall–Kier alpha value is 0.660. The van der Waals surface area contributed by atoms with Crippen molar-refractivity contribution in [3.63, 3.8) is 0 Å². The Kier molecular flexibility index (Phi) is 6.74. The van der Waals surface area contributed by atoms with Crippen LogP contribution in [0.2, 0.25) is 0 Å². The third-order valence-electron chi connectivity index (χ3n) is 2.65. The van der Waals surface area contributed by atoms with E-state index < -0.39 is 22.9 Å². The van der Waals surface area contributed by atoms with Crippen LogP contribution in [0, 0.1) is 5.40 Å². The molecule has 2 aliphatic heterocycles. The smallest absolute Gasteiger partial charge is 0.191 e. The van der Waals surface area contributed by atoms with Gasteiger partial charge in [0.15, 0.2) is 22.2 Å². The zero-order valence-corrected chi connectivity index (χ0v) is 12.5. The summed E-state index contributed by atoms with van der Waals surface area (Å²) >= 11 is 0. The number of hydrogen-bond acceptors (Lipinski definition) is 5. The maximum Gasteiger partial charge on any atom is 0.191 e. The summed E-state index contributed by atoms with van der Waals surface area (Å²) in [6.07, 6.45) is 2.90. The number of hydrogen-bond donors (Lipinski definition) is 1. The summed E-state index contributed by atoms with van der Waals surface area (Å²) in [5.74, 6) is 0. The normalized spacial score (nSPS) is 25.5. The third kappa shape index (κ3) is 4.08. The monoisotopic (exact) mass is 295 g/mol. The molecule has 7 heteroatoms. The molecule has 0 aliphatic carbocycles. The zero-order chi connectivity index (χ0) is 12.8. The Labute approximate surface area is 111 Å². The number of aliphatic hydroxyl groups is 1. The topological polar surface area (TPSA) is 57.2 Å². The number of aliphatic hydroxyl groups excluding tert-OH is 1. The van der Waals surface area contributed by atoms with E-state index in [1.54, 1.807) is 0 Å². The lowest BCUT2D eigenvalue weighted by Gasteiger charge is -2.36. The molecule has 0 bridgehead atoms. The number of rotatable bonds is 5. The highest BCUT2D eigenvalue weighted by Crippen LogP contribution is 2.69. The Bertz CT molecular complexity index is 213. The van der Waals surface area contributed by atoms with E-state index in [4.69, 9.17) is 18.1 Å². The van der Waals surface area contributed by atoms with Crippen LogP contribution < -0.4 is 0 Å². The quantitative estimate of drug-likeness (QED) is 0.790. The Morgan fingerprint density at radius 2 is 1.44 bits per heavy atom. The van der Waals surface area contributed by atoms with Gasteiger partial charge in [-0.05, 0) is 19.3 Å². The first kappa shape index (κ1) is 15.1. The van der Waals surface area contributed by atoms with Gasteiger partial charge in [0.05, 0.1) is 32.5 Å². The van der Waals surface area contributed by atoms with Crippen LogP contribution in [0.25, 0.3) is 0 Å². The van der Waals surface area contributed by atoms with E-state index in [1.165, 1.54) is 0 Å². The minimum absolute atomic E-state index is 0.538. The van der Waals surface area contributed by atoms with E-state index in [-0.39, 0.29) is 0 Å². The average molecular weight is 295 g/mol. The first-order valence-electron chi connectivity index (χ1n) is 6.49. The van der Waals surface area contributed by atoms with Crippen molar-refractivity contribution in [2.24, 2.45) is 0 Å². The summed E-state index contributed by atoms with van der Waals surface area (Å²) in [5.41, 5.74) is 0. The molecule has 1 N–H and O–H groups in total. The van der Waals surface area contributed by atoms with E-state index in [1.807, 2.05) is 6.92 Å². The van der Waals surface area contributed by atoms with Gasteiger partial charge < -0.3 is 23.2 Å². The SMILES string of the molecule is CCCC(O)[C](P1OCCCO1)P1OCCCO1. The van der Waals surface area contributed by atoms with Crippen molar-refractivity contribution in [1.29, 1.82) is 0 Å². The van der Waals surface area contributed by atoms with Gasteiger partial charge in [-0.15, -0.1) is 0 Å². The Morgan fingerprint density at radius 1 is 1.00 bits per heavy atom. The first-order valence-corrected chi connectivity index (χ1v) is 8.85. The van der Waals surface area contributed by atoms with Crippen LogP contribution in [0.4, 0.5) is 0 Å². The lowest BCUT2D eigenvalue weighted by Crippen LogP contribution is -2.23. The summed E-state index contributed by atoms with van der Waals surface area (Å²) in [6, 6.07) is 0. The second-order valence-corrected chi connectivity index (χ2v) is 7.59. The van der Waals surface area contributed by atoms with Crippen LogP contribution in [0.1, 0.15) is 32.6 Å². The molecular formula is C11H21O5P2. The molecule has 5 nitrogen and oxygen atoms in total. The predicted octanol–water partition coefficient (Wildman–Crippen LogP) is 3.13. The summed E-state index contributed by atoms with van der Waals surface area (Å²) in [6.45, 7) is 4.81. The molecule has 0 aromatic carbocycles. The van der Waals surface area contributed by atoms with Crippen molar-refractivity contribution in [3.8, 4) is 0 Å². The molecule has 105 valence electrons. The molecule has 0 aromatic heterocycles. The van der Waals surface area contributed by atoms with Gasteiger partial charge in [0.25, 0.3) is 0 Å². The van der Waals surface area contributed by atoms with Crippen molar-refractivity contribution in [2.45, 2.75) is 38.7 Å². The predicted molar refractivity (Wildman–Crippen MR) is 71.0 cm³/mol. The van der Waals surface area contributed by atoms with Gasteiger partial charge in [0.2, 0.25) is 0 Å². The van der Waals surface area contributed by atoms with Crippen LogP contribution >= 0.6 is 16.8 Å². The van der Waals surface area contributed by atoms with Gasteiger partial charge >= 0.3 is 0 Å². The molecule has 0 aromatic rings. The second kappa shape index (κ2) is 8.06. The van der Waals surface area contributed by atoms with E-state index in [9.17, 15) is 5.11 Å². The summed E-state index contributed by atoms with van der Waals surface area (Å²) in [7, 11) is -2.33. The molecule has 18 heavy (non-hydrogen) atoms. The maximum atomic E-state index is 10.3. The molecule has 1 radical (unpaired) electrons. The Balaban J connectivity index is 2.00. The van der Waals surface area contributed by atoms with Crippen LogP contribution in [-0.4, -0.2) is 37.6 Å². The van der Waals surface area contributed by atoms with Crippen LogP contribution in [-0.2, 0) is 18.1 Å². The van der Waals surface area contributed by atoms with Gasteiger partial charge in [-0.1, -0.05) is 13.3 Å². The summed E-state index contributed by atoms with van der Waals surface area (Å²) in [5, 5.41) is 11.1. The molecule has 2 fully saturated rings. The molecule has 0 amide bonds. The molecule has 0 saturated carbocycles. The first-order chi connectivity index (χ1) is 8.83. The second-order valence-electron chi connectivity index (χ2n) is 4.22. The molecule has 0 spiro atoms. The van der Waals surface area contributed by atoms with Gasteiger partial charge in [-0.2, -0.15) is 0 Å². The Morgan fingerprint density at radius 3 is 1.83 bits per heavy atom. The van der Waals surface area contributed by atoms with E-state index in [0.717, 1.165) is 24.7 Å². The summed E-state index contributed by atoms with van der Waals surface area (Å²) < 4.78 is 22.7. The van der Waals surface area contributed by atoms with Crippen LogP contribution in [0.3, 0.4) is 0 Å². The van der Waals surface area contributed by atoms with Crippen molar-refractivity contribution in [1.82, 2.24) is 0 Å². The van der Waals surface area contributed by atoms with Crippen LogP contribution in [0.15, 0.2) is 0 Å². The van der Waals surface area contributed by atoms with E-state index >= 15 is 0 Å². The third-order valence-corrected chi connectivity index (χ3v) is 6.64. The fraction of sp³-hybridized carbons (Fsp3) is 0.909. The van der Waals surface area contributed by atoms with Crippen molar-refractivity contribution >= 4 is 16.8 Å². The average Bonchev–Trinajstić information content (AvgIpc) is 2.42. The standard InChI is InChI=1S/C11H21O5P2/c1-2-5-10(12)11(17-13-6-3-7-14-17)18-15-8-4-9-16-18/h10,12H,2-9H2,1H3. The van der Waals surface area contributed by atoms with Gasteiger partial charge in [-0.3, -0.25) is 0 Å². The van der Waals surface area contributed by atoms with E-state index in [0.29, 0.717) is 32.8 Å². The minimum atomic E-state index is -1.16. The summed E-state index contributed by atoms with van der Waals surface area (Å²) in [4.78, 5) is 0. The molecule has 2 rings (SSSR count). The fourth-order valence-corrected chi connectivity index (χ4v) is 5.59. The minimum Gasteiger partial charge on any atom is -0.391 e. The van der Waals surface area contributed by atoms with Crippen LogP contribution in [0.5, 0.6) is 0 Å². The maximum absolute atomic E-state index is 10.3. The molecular weight excluding hydrogens is 274 g/mol. The van der Waals surface area contributed by atoms with Gasteiger partial charge in [-0.25, -0.2) is 0 Å². The van der Waals surface area contributed by atoms with Gasteiger partial charge in [0.1, 0.15) is 0 Å². The highest BCUT2D eigenvalue weighted by Gasteiger charge is 2.42.